The Labute approximate surface area is 138 Å². The van der Waals surface area contributed by atoms with Gasteiger partial charge >= 0.3 is 0 Å². The van der Waals surface area contributed by atoms with E-state index in [9.17, 15) is 8.42 Å². The van der Waals surface area contributed by atoms with Crippen LogP contribution in [0.5, 0.6) is 0 Å². The van der Waals surface area contributed by atoms with Crippen LogP contribution in [0, 0.1) is 5.92 Å². The molecule has 2 aliphatic carbocycles. The van der Waals surface area contributed by atoms with Crippen LogP contribution in [-0.4, -0.2) is 20.5 Å². The van der Waals surface area contributed by atoms with Gasteiger partial charge in [-0.15, -0.1) is 11.3 Å². The van der Waals surface area contributed by atoms with Gasteiger partial charge < -0.3 is 5.32 Å². The first-order valence-electron chi connectivity index (χ1n) is 7.49. The molecule has 2 aliphatic rings. The highest BCUT2D eigenvalue weighted by atomic mass is 79.9. The molecule has 0 aliphatic heterocycles. The smallest absolute Gasteiger partial charge is 0.242 e. The van der Waals surface area contributed by atoms with Gasteiger partial charge in [0.05, 0.1) is 3.79 Å². The van der Waals surface area contributed by atoms with E-state index < -0.39 is 10.0 Å². The van der Waals surface area contributed by atoms with E-state index in [1.54, 1.807) is 6.07 Å². The SMILES string of the molecule is CC(NS(=O)(=O)c1cc(CNC2CC2)sc1Br)C1CCC1. The molecule has 2 N–H and O–H groups in total. The van der Waals surface area contributed by atoms with Gasteiger partial charge in [-0.1, -0.05) is 6.42 Å². The topological polar surface area (TPSA) is 58.2 Å². The number of thiophene rings is 1. The Morgan fingerprint density at radius 1 is 1.38 bits per heavy atom. The molecule has 1 atom stereocenters. The molecule has 7 heteroatoms. The minimum atomic E-state index is -3.43. The Morgan fingerprint density at radius 2 is 2.10 bits per heavy atom. The van der Waals surface area contributed by atoms with Crippen molar-refractivity contribution in [3.8, 4) is 0 Å². The normalized spacial score (nSPS) is 21.2. The van der Waals surface area contributed by atoms with E-state index >= 15 is 0 Å². The Bertz CT molecular complexity index is 606. The largest absolute Gasteiger partial charge is 0.309 e. The van der Waals surface area contributed by atoms with E-state index in [0.717, 1.165) is 24.3 Å². The van der Waals surface area contributed by atoms with Crippen LogP contribution in [0.1, 0.15) is 43.9 Å². The lowest BCUT2D eigenvalue weighted by molar-refractivity contribution is 0.260. The van der Waals surface area contributed by atoms with E-state index in [1.165, 1.54) is 30.6 Å². The quantitative estimate of drug-likeness (QED) is 0.748. The van der Waals surface area contributed by atoms with E-state index in [-0.39, 0.29) is 6.04 Å². The van der Waals surface area contributed by atoms with E-state index in [2.05, 4.69) is 26.0 Å². The molecule has 1 unspecified atom stereocenters. The van der Waals surface area contributed by atoms with E-state index in [0.29, 0.717) is 20.6 Å². The van der Waals surface area contributed by atoms with Crippen molar-refractivity contribution in [3.05, 3.63) is 14.7 Å². The lowest BCUT2D eigenvalue weighted by atomic mass is 9.81. The summed E-state index contributed by atoms with van der Waals surface area (Å²) in [4.78, 5) is 1.44. The van der Waals surface area contributed by atoms with Crippen molar-refractivity contribution in [1.29, 1.82) is 0 Å². The average Bonchev–Trinajstić information content (AvgIpc) is 3.06. The summed E-state index contributed by atoms with van der Waals surface area (Å²) in [6, 6.07) is 2.44. The number of sulfonamides is 1. The van der Waals surface area contributed by atoms with Crippen LogP contribution < -0.4 is 10.0 Å². The molecule has 0 amide bonds. The second kappa shape index (κ2) is 6.28. The zero-order chi connectivity index (χ0) is 15.0. The zero-order valence-electron chi connectivity index (χ0n) is 12.1. The molecule has 2 saturated carbocycles. The molecule has 3 rings (SSSR count). The monoisotopic (exact) mass is 392 g/mol. The molecule has 1 heterocycles. The average molecular weight is 393 g/mol. The second-order valence-electron chi connectivity index (χ2n) is 6.11. The summed E-state index contributed by atoms with van der Waals surface area (Å²) in [7, 11) is -3.43. The fourth-order valence-electron chi connectivity index (χ4n) is 2.54. The molecule has 0 saturated heterocycles. The predicted molar refractivity (Wildman–Crippen MR) is 89.0 cm³/mol. The highest BCUT2D eigenvalue weighted by molar-refractivity contribution is 9.11. The predicted octanol–water partition coefficient (Wildman–Crippen LogP) is 3.23. The van der Waals surface area contributed by atoms with Crippen LogP contribution in [0.2, 0.25) is 0 Å². The number of hydrogen-bond donors (Lipinski definition) is 2. The summed E-state index contributed by atoms with van der Waals surface area (Å²) in [5.74, 6) is 0.494. The second-order valence-corrected chi connectivity index (χ2v) is 10.2. The fourth-order valence-corrected chi connectivity index (χ4v) is 6.49. The van der Waals surface area contributed by atoms with Gasteiger partial charge in [-0.2, -0.15) is 0 Å². The summed E-state index contributed by atoms with van der Waals surface area (Å²) < 4.78 is 28.6. The minimum Gasteiger partial charge on any atom is -0.309 e. The molecule has 0 spiro atoms. The first kappa shape index (κ1) is 15.9. The molecule has 0 radical (unpaired) electrons. The van der Waals surface area contributed by atoms with Gasteiger partial charge in [0.2, 0.25) is 10.0 Å². The lowest BCUT2D eigenvalue weighted by Crippen LogP contribution is -2.40. The van der Waals surface area contributed by atoms with Gasteiger partial charge in [0.15, 0.2) is 0 Å². The Hall–Kier alpha value is 0.0500. The molecule has 4 nitrogen and oxygen atoms in total. The van der Waals surface area contributed by atoms with Gasteiger partial charge in [-0.3, -0.25) is 0 Å². The third-order valence-corrected chi connectivity index (χ3v) is 8.15. The third-order valence-electron chi connectivity index (χ3n) is 4.34. The van der Waals surface area contributed by atoms with E-state index in [1.807, 2.05) is 6.92 Å². The number of hydrogen-bond acceptors (Lipinski definition) is 4. The van der Waals surface area contributed by atoms with Crippen LogP contribution in [0.4, 0.5) is 0 Å². The minimum absolute atomic E-state index is 0.0172. The molecule has 0 bridgehead atoms. The maximum absolute atomic E-state index is 12.5. The first-order valence-corrected chi connectivity index (χ1v) is 10.6. The maximum atomic E-state index is 12.5. The van der Waals surface area contributed by atoms with E-state index in [4.69, 9.17) is 0 Å². The molecular formula is C14H21BrN2O2S2. The summed E-state index contributed by atoms with van der Waals surface area (Å²) in [6.45, 7) is 2.72. The van der Waals surface area contributed by atoms with Gasteiger partial charge in [0, 0.05) is 23.5 Å². The molecular weight excluding hydrogens is 372 g/mol. The molecule has 2 fully saturated rings. The van der Waals surface area contributed by atoms with Gasteiger partial charge in [0.25, 0.3) is 0 Å². The van der Waals surface area contributed by atoms with Gasteiger partial charge in [0.1, 0.15) is 4.90 Å². The van der Waals surface area contributed by atoms with Crippen molar-refractivity contribution in [2.45, 2.75) is 62.6 Å². The van der Waals surface area contributed by atoms with Gasteiger partial charge in [-0.25, -0.2) is 13.1 Å². The first-order chi connectivity index (χ1) is 9.95. The highest BCUT2D eigenvalue weighted by Gasteiger charge is 2.29. The standard InChI is InChI=1S/C14H21BrN2O2S2/c1-9(10-3-2-4-10)17-21(18,19)13-7-12(20-14(13)15)8-16-11-5-6-11/h7,9-11,16-17H,2-6,8H2,1H3. The third kappa shape index (κ3) is 3.88. The van der Waals surface area contributed by atoms with Crippen LogP contribution in [0.25, 0.3) is 0 Å². The number of halogens is 1. The summed E-state index contributed by atoms with van der Waals surface area (Å²) in [6.07, 6.45) is 5.95. The van der Waals surface area contributed by atoms with Crippen molar-refractivity contribution >= 4 is 37.3 Å². The van der Waals surface area contributed by atoms with Crippen LogP contribution >= 0.6 is 27.3 Å². The number of nitrogens with one attached hydrogen (secondary N) is 2. The Morgan fingerprint density at radius 3 is 2.67 bits per heavy atom. The molecule has 118 valence electrons. The van der Waals surface area contributed by atoms with Gasteiger partial charge in [-0.05, 0) is 60.5 Å². The van der Waals surface area contributed by atoms with Crippen LogP contribution in [0.3, 0.4) is 0 Å². The molecule has 1 aromatic heterocycles. The molecule has 1 aromatic rings. The summed E-state index contributed by atoms with van der Waals surface area (Å²) in [5.41, 5.74) is 0. The summed E-state index contributed by atoms with van der Waals surface area (Å²) >= 11 is 4.91. The van der Waals surface area contributed by atoms with Crippen molar-refractivity contribution in [2.24, 2.45) is 5.92 Å². The lowest BCUT2D eigenvalue weighted by Gasteiger charge is -2.31. The number of rotatable bonds is 7. The molecule has 0 aromatic carbocycles. The maximum Gasteiger partial charge on any atom is 0.242 e. The van der Waals surface area contributed by atoms with Crippen molar-refractivity contribution < 1.29 is 8.42 Å². The van der Waals surface area contributed by atoms with Crippen LogP contribution in [0.15, 0.2) is 14.7 Å². The zero-order valence-corrected chi connectivity index (χ0v) is 15.3. The highest BCUT2D eigenvalue weighted by Crippen LogP contribution is 2.34. The Balaban J connectivity index is 1.68. The van der Waals surface area contributed by atoms with Crippen molar-refractivity contribution in [1.82, 2.24) is 10.0 Å². The van der Waals surface area contributed by atoms with Crippen molar-refractivity contribution in [2.75, 3.05) is 0 Å². The van der Waals surface area contributed by atoms with Crippen molar-refractivity contribution in [3.63, 3.8) is 0 Å². The fraction of sp³-hybridized carbons (Fsp3) is 0.714. The molecule has 21 heavy (non-hydrogen) atoms. The van der Waals surface area contributed by atoms with Crippen LogP contribution in [-0.2, 0) is 16.6 Å². The Kier molecular flexibility index (Phi) is 4.76. The summed E-state index contributed by atoms with van der Waals surface area (Å²) in [5, 5.41) is 3.42.